The highest BCUT2D eigenvalue weighted by molar-refractivity contribution is 6.30. The van der Waals surface area contributed by atoms with E-state index >= 15 is 0 Å². The van der Waals surface area contributed by atoms with Gasteiger partial charge >= 0.3 is 0 Å². The van der Waals surface area contributed by atoms with Crippen molar-refractivity contribution in [3.8, 4) is 11.5 Å². The summed E-state index contributed by atoms with van der Waals surface area (Å²) in [5, 5.41) is 6.57. The average molecular weight is 399 g/mol. The summed E-state index contributed by atoms with van der Waals surface area (Å²) < 4.78 is 10.4. The van der Waals surface area contributed by atoms with Crippen LogP contribution >= 0.6 is 11.6 Å². The van der Waals surface area contributed by atoms with E-state index in [2.05, 4.69) is 20.6 Å². The number of aryl methyl sites for hydroxylation is 1. The number of hydrogen-bond acceptors (Lipinski definition) is 6. The molecular weight excluding hydrogens is 380 g/mol. The Morgan fingerprint density at radius 1 is 1.00 bits per heavy atom. The molecular formula is C20H19ClN4O3. The molecule has 2 N–H and O–H groups in total. The summed E-state index contributed by atoms with van der Waals surface area (Å²) >= 11 is 5.96. The minimum absolute atomic E-state index is 0.188. The second-order valence-electron chi connectivity index (χ2n) is 5.90. The third kappa shape index (κ3) is 4.50. The molecule has 1 aromatic heterocycles. The van der Waals surface area contributed by atoms with Gasteiger partial charge in [0.15, 0.2) is 11.5 Å². The molecule has 0 aliphatic carbocycles. The van der Waals surface area contributed by atoms with E-state index in [0.717, 1.165) is 11.3 Å². The monoisotopic (exact) mass is 398 g/mol. The molecule has 28 heavy (non-hydrogen) atoms. The topological polar surface area (TPSA) is 85.4 Å². The van der Waals surface area contributed by atoms with Crippen LogP contribution in [-0.4, -0.2) is 30.1 Å². The minimum atomic E-state index is -0.381. The Morgan fingerprint density at radius 3 is 2.43 bits per heavy atom. The number of amides is 1. The van der Waals surface area contributed by atoms with Gasteiger partial charge in [-0.2, -0.15) is 0 Å². The molecule has 1 amide bonds. The first-order valence-corrected chi connectivity index (χ1v) is 8.76. The van der Waals surface area contributed by atoms with Crippen molar-refractivity contribution in [2.24, 2.45) is 0 Å². The van der Waals surface area contributed by atoms with Crippen LogP contribution in [0.15, 0.2) is 48.8 Å². The molecule has 3 rings (SSSR count). The first-order valence-electron chi connectivity index (χ1n) is 8.38. The van der Waals surface area contributed by atoms with Crippen molar-refractivity contribution >= 4 is 34.7 Å². The van der Waals surface area contributed by atoms with Crippen LogP contribution in [0.3, 0.4) is 0 Å². The van der Waals surface area contributed by atoms with Crippen molar-refractivity contribution in [3.63, 3.8) is 0 Å². The van der Waals surface area contributed by atoms with Crippen LogP contribution in [0.5, 0.6) is 11.5 Å². The predicted molar refractivity (Wildman–Crippen MR) is 109 cm³/mol. The van der Waals surface area contributed by atoms with Crippen molar-refractivity contribution in [2.75, 3.05) is 24.9 Å². The van der Waals surface area contributed by atoms with Crippen molar-refractivity contribution < 1.29 is 14.3 Å². The lowest BCUT2D eigenvalue weighted by molar-refractivity contribution is 0.102. The van der Waals surface area contributed by atoms with Gasteiger partial charge in [-0.1, -0.05) is 11.6 Å². The van der Waals surface area contributed by atoms with Crippen LogP contribution < -0.4 is 20.1 Å². The molecule has 0 fully saturated rings. The van der Waals surface area contributed by atoms with Crippen molar-refractivity contribution in [2.45, 2.75) is 6.92 Å². The van der Waals surface area contributed by atoms with Gasteiger partial charge in [-0.05, 0) is 42.8 Å². The van der Waals surface area contributed by atoms with Gasteiger partial charge in [-0.15, -0.1) is 0 Å². The van der Waals surface area contributed by atoms with E-state index in [1.54, 1.807) is 31.4 Å². The second kappa shape index (κ2) is 8.58. The van der Waals surface area contributed by atoms with Gasteiger partial charge < -0.3 is 20.1 Å². The van der Waals surface area contributed by atoms with E-state index in [9.17, 15) is 4.79 Å². The number of rotatable bonds is 6. The number of carbonyl (C=O) groups excluding carboxylic acids is 1. The molecule has 3 aromatic rings. The van der Waals surface area contributed by atoms with E-state index in [-0.39, 0.29) is 11.6 Å². The quantitative estimate of drug-likeness (QED) is 0.638. The fraction of sp³-hybridized carbons (Fsp3) is 0.150. The number of benzene rings is 2. The van der Waals surface area contributed by atoms with E-state index in [1.807, 2.05) is 19.1 Å². The molecule has 0 unspecified atom stereocenters. The van der Waals surface area contributed by atoms with Gasteiger partial charge in [0, 0.05) is 22.5 Å². The normalized spacial score (nSPS) is 10.3. The standard InChI is InChI=1S/C20H19ClN4O3/c1-12-8-13(21)4-6-15(12)25-19-11-22-16(10-23-19)20(26)24-14-5-7-17(27-2)18(9-14)28-3/h4-11H,1-3H3,(H,23,25)(H,24,26). The van der Waals surface area contributed by atoms with Crippen molar-refractivity contribution in [1.82, 2.24) is 9.97 Å². The lowest BCUT2D eigenvalue weighted by Gasteiger charge is -2.11. The first kappa shape index (κ1) is 19.4. The molecule has 7 nitrogen and oxygen atoms in total. The molecule has 0 saturated heterocycles. The lowest BCUT2D eigenvalue weighted by Crippen LogP contribution is -2.14. The average Bonchev–Trinajstić information content (AvgIpc) is 2.70. The van der Waals surface area contributed by atoms with Crippen molar-refractivity contribution in [1.29, 1.82) is 0 Å². The Labute approximate surface area is 167 Å². The van der Waals surface area contributed by atoms with Gasteiger partial charge in [0.2, 0.25) is 0 Å². The Hall–Kier alpha value is -3.32. The minimum Gasteiger partial charge on any atom is -0.493 e. The number of carbonyl (C=O) groups is 1. The maximum absolute atomic E-state index is 12.4. The van der Waals surface area contributed by atoms with Gasteiger partial charge in [0.25, 0.3) is 5.91 Å². The number of nitrogens with zero attached hydrogens (tertiary/aromatic N) is 2. The third-order valence-corrected chi connectivity index (χ3v) is 4.21. The zero-order chi connectivity index (χ0) is 20.1. The largest absolute Gasteiger partial charge is 0.493 e. The third-order valence-electron chi connectivity index (χ3n) is 3.98. The second-order valence-corrected chi connectivity index (χ2v) is 6.33. The molecule has 0 saturated carbocycles. The summed E-state index contributed by atoms with van der Waals surface area (Å²) in [6.07, 6.45) is 2.90. The number of nitrogens with one attached hydrogen (secondary N) is 2. The number of anilines is 3. The Morgan fingerprint density at radius 2 is 1.79 bits per heavy atom. The summed E-state index contributed by atoms with van der Waals surface area (Å²) in [4.78, 5) is 20.8. The molecule has 0 bridgehead atoms. The van der Waals surface area contributed by atoms with Crippen LogP contribution in [0.4, 0.5) is 17.2 Å². The zero-order valence-corrected chi connectivity index (χ0v) is 16.4. The molecule has 0 radical (unpaired) electrons. The van der Waals surface area contributed by atoms with Crippen LogP contribution in [0.25, 0.3) is 0 Å². The van der Waals surface area contributed by atoms with E-state index < -0.39 is 0 Å². The van der Waals surface area contributed by atoms with Crippen LogP contribution in [-0.2, 0) is 0 Å². The number of methoxy groups -OCH3 is 2. The Balaban J connectivity index is 1.70. The Bertz CT molecular complexity index is 993. The summed E-state index contributed by atoms with van der Waals surface area (Å²) in [5.74, 6) is 1.24. The number of hydrogen-bond donors (Lipinski definition) is 2. The smallest absolute Gasteiger partial charge is 0.275 e. The summed E-state index contributed by atoms with van der Waals surface area (Å²) in [6, 6.07) is 10.6. The lowest BCUT2D eigenvalue weighted by atomic mass is 10.2. The summed E-state index contributed by atoms with van der Waals surface area (Å²) in [5.41, 5.74) is 2.59. The molecule has 1 heterocycles. The highest BCUT2D eigenvalue weighted by atomic mass is 35.5. The summed E-state index contributed by atoms with van der Waals surface area (Å²) in [7, 11) is 3.08. The molecule has 2 aromatic carbocycles. The van der Waals surface area contributed by atoms with Crippen LogP contribution in [0.1, 0.15) is 16.1 Å². The van der Waals surface area contributed by atoms with Gasteiger partial charge in [0.05, 0.1) is 26.6 Å². The Kier molecular flexibility index (Phi) is 5.96. The predicted octanol–water partition coefficient (Wildman–Crippen LogP) is 4.45. The van der Waals surface area contributed by atoms with Gasteiger partial charge in [0.1, 0.15) is 11.5 Å². The van der Waals surface area contributed by atoms with Crippen molar-refractivity contribution in [3.05, 3.63) is 65.1 Å². The van der Waals surface area contributed by atoms with Gasteiger partial charge in [-0.3, -0.25) is 4.79 Å². The highest BCUT2D eigenvalue weighted by Crippen LogP contribution is 2.30. The molecule has 0 aliphatic heterocycles. The number of halogens is 1. The molecule has 8 heteroatoms. The van der Waals surface area contributed by atoms with Gasteiger partial charge in [-0.25, -0.2) is 9.97 Å². The highest BCUT2D eigenvalue weighted by Gasteiger charge is 2.11. The number of ether oxygens (including phenoxy) is 2. The maximum atomic E-state index is 12.4. The molecule has 144 valence electrons. The summed E-state index contributed by atoms with van der Waals surface area (Å²) in [6.45, 7) is 1.94. The van der Waals surface area contributed by atoms with E-state index in [1.165, 1.54) is 19.5 Å². The van der Waals surface area contributed by atoms with E-state index in [0.29, 0.717) is 28.0 Å². The number of aromatic nitrogens is 2. The first-order chi connectivity index (χ1) is 13.5. The fourth-order valence-corrected chi connectivity index (χ4v) is 2.75. The molecule has 0 spiro atoms. The molecule has 0 atom stereocenters. The van der Waals surface area contributed by atoms with Crippen LogP contribution in [0, 0.1) is 6.92 Å². The van der Waals surface area contributed by atoms with E-state index in [4.69, 9.17) is 21.1 Å². The van der Waals surface area contributed by atoms with Crippen LogP contribution in [0.2, 0.25) is 5.02 Å². The SMILES string of the molecule is COc1ccc(NC(=O)c2cnc(Nc3ccc(Cl)cc3C)cn2)cc1OC. The fourth-order valence-electron chi connectivity index (χ4n) is 2.52. The zero-order valence-electron chi connectivity index (χ0n) is 15.6. The maximum Gasteiger partial charge on any atom is 0.275 e. The molecule has 0 aliphatic rings.